The number of aromatic hydroxyl groups is 2. The molecule has 162 valence electrons. The summed E-state index contributed by atoms with van der Waals surface area (Å²) in [5.74, 6) is 0.876. The van der Waals surface area contributed by atoms with Crippen molar-refractivity contribution in [3.63, 3.8) is 0 Å². The quantitative estimate of drug-likeness (QED) is 0.506. The summed E-state index contributed by atoms with van der Waals surface area (Å²) in [5.41, 5.74) is 2.12. The van der Waals surface area contributed by atoms with Crippen LogP contribution in [0.3, 0.4) is 0 Å². The SMILES string of the molecule is CC1CC(O)C(c2ccccc2)(C(C)C)C(c2ccc(O)cc2)(c2ccc(O)cc2)C1. The summed E-state index contributed by atoms with van der Waals surface area (Å²) in [7, 11) is 0. The topological polar surface area (TPSA) is 60.7 Å². The van der Waals surface area contributed by atoms with Crippen molar-refractivity contribution < 1.29 is 15.3 Å². The van der Waals surface area contributed by atoms with E-state index < -0.39 is 16.9 Å². The first kappa shape index (κ1) is 21.5. The average Bonchev–Trinajstić information content (AvgIpc) is 2.74. The van der Waals surface area contributed by atoms with Gasteiger partial charge in [0, 0.05) is 10.8 Å². The van der Waals surface area contributed by atoms with E-state index in [2.05, 4.69) is 32.9 Å². The standard InChI is InChI=1S/C28H32O3/c1-19(2)28(23-7-5-4-6-8-23)26(31)17-20(3)18-27(28,21-9-13-24(29)14-10-21)22-11-15-25(30)16-12-22/h4-16,19-20,26,29-31H,17-18H2,1-3H3. The monoisotopic (exact) mass is 416 g/mol. The third-order valence-corrected chi connectivity index (χ3v) is 7.39. The Morgan fingerprint density at radius 1 is 0.742 bits per heavy atom. The summed E-state index contributed by atoms with van der Waals surface area (Å²) in [6.07, 6.45) is 1.03. The fourth-order valence-corrected chi connectivity index (χ4v) is 6.36. The van der Waals surface area contributed by atoms with Gasteiger partial charge in [-0.1, -0.05) is 75.4 Å². The van der Waals surface area contributed by atoms with Crippen LogP contribution in [0.4, 0.5) is 0 Å². The molecule has 0 saturated heterocycles. The Hall–Kier alpha value is -2.78. The number of aliphatic hydroxyl groups is 1. The van der Waals surface area contributed by atoms with E-state index in [9.17, 15) is 15.3 Å². The predicted octanol–water partition coefficient (Wildman–Crippen LogP) is 5.77. The second kappa shape index (κ2) is 8.05. The fraction of sp³-hybridized carbons (Fsp3) is 0.357. The summed E-state index contributed by atoms with van der Waals surface area (Å²) in [4.78, 5) is 0. The number of benzene rings is 3. The highest BCUT2D eigenvalue weighted by atomic mass is 16.3. The summed E-state index contributed by atoms with van der Waals surface area (Å²) in [6, 6.07) is 25.3. The van der Waals surface area contributed by atoms with E-state index in [-0.39, 0.29) is 17.4 Å². The van der Waals surface area contributed by atoms with Crippen molar-refractivity contribution in [2.24, 2.45) is 11.8 Å². The number of rotatable bonds is 4. The number of phenolic OH excluding ortho intramolecular Hbond substituents is 2. The summed E-state index contributed by atoms with van der Waals surface area (Å²) in [5, 5.41) is 31.9. The maximum atomic E-state index is 11.9. The molecule has 4 rings (SSSR count). The molecule has 3 N–H and O–H groups in total. The Bertz CT molecular complexity index is 963. The zero-order valence-electron chi connectivity index (χ0n) is 18.5. The lowest BCUT2D eigenvalue weighted by molar-refractivity contribution is -0.0482. The van der Waals surface area contributed by atoms with Gasteiger partial charge in [-0.25, -0.2) is 0 Å². The number of hydrogen-bond donors (Lipinski definition) is 3. The predicted molar refractivity (Wildman–Crippen MR) is 124 cm³/mol. The van der Waals surface area contributed by atoms with E-state index in [0.29, 0.717) is 5.92 Å². The normalized spacial score (nSPS) is 25.5. The van der Waals surface area contributed by atoms with Crippen LogP contribution in [0.25, 0.3) is 0 Å². The Balaban J connectivity index is 2.15. The second-order valence-corrected chi connectivity index (χ2v) is 9.45. The van der Waals surface area contributed by atoms with Gasteiger partial charge in [0.05, 0.1) is 6.10 Å². The molecular formula is C28H32O3. The molecule has 0 heterocycles. The van der Waals surface area contributed by atoms with Crippen molar-refractivity contribution in [3.8, 4) is 11.5 Å². The summed E-state index contributed by atoms with van der Waals surface area (Å²) in [6.45, 7) is 6.59. The van der Waals surface area contributed by atoms with Crippen molar-refractivity contribution in [2.45, 2.75) is 50.5 Å². The van der Waals surface area contributed by atoms with E-state index in [1.54, 1.807) is 24.3 Å². The minimum Gasteiger partial charge on any atom is -0.508 e. The first-order chi connectivity index (χ1) is 14.8. The molecule has 3 aromatic carbocycles. The van der Waals surface area contributed by atoms with Crippen LogP contribution in [0.1, 0.15) is 50.3 Å². The molecule has 31 heavy (non-hydrogen) atoms. The highest BCUT2D eigenvalue weighted by molar-refractivity contribution is 5.53. The Morgan fingerprint density at radius 2 is 1.23 bits per heavy atom. The minimum absolute atomic E-state index is 0.125. The largest absolute Gasteiger partial charge is 0.508 e. The molecule has 0 amide bonds. The minimum atomic E-state index is -0.589. The van der Waals surface area contributed by atoms with Gasteiger partial charge in [-0.2, -0.15) is 0 Å². The molecule has 3 nitrogen and oxygen atoms in total. The van der Waals surface area contributed by atoms with Crippen molar-refractivity contribution in [1.82, 2.24) is 0 Å². The van der Waals surface area contributed by atoms with E-state index in [1.165, 1.54) is 0 Å². The van der Waals surface area contributed by atoms with Crippen molar-refractivity contribution in [3.05, 3.63) is 95.6 Å². The van der Waals surface area contributed by atoms with Crippen LogP contribution < -0.4 is 0 Å². The first-order valence-corrected chi connectivity index (χ1v) is 11.1. The lowest BCUT2D eigenvalue weighted by Crippen LogP contribution is -2.63. The van der Waals surface area contributed by atoms with Crippen molar-refractivity contribution >= 4 is 0 Å². The molecule has 3 unspecified atom stereocenters. The number of aliphatic hydroxyl groups excluding tert-OH is 1. The molecular weight excluding hydrogens is 384 g/mol. The van der Waals surface area contributed by atoms with E-state index >= 15 is 0 Å². The molecule has 1 aliphatic rings. The smallest absolute Gasteiger partial charge is 0.115 e. The lowest BCUT2D eigenvalue weighted by Gasteiger charge is -2.61. The van der Waals surface area contributed by atoms with Gasteiger partial charge in [-0.05, 0) is 65.6 Å². The van der Waals surface area contributed by atoms with Crippen LogP contribution in [0.15, 0.2) is 78.9 Å². The highest BCUT2D eigenvalue weighted by Gasteiger charge is 2.62. The third-order valence-electron chi connectivity index (χ3n) is 7.39. The van der Waals surface area contributed by atoms with E-state index in [1.807, 2.05) is 42.5 Å². The Labute approximate surface area is 185 Å². The second-order valence-electron chi connectivity index (χ2n) is 9.45. The van der Waals surface area contributed by atoms with Gasteiger partial charge in [-0.3, -0.25) is 0 Å². The summed E-state index contributed by atoms with van der Waals surface area (Å²) >= 11 is 0. The van der Waals surface area contributed by atoms with Crippen LogP contribution in [-0.2, 0) is 10.8 Å². The summed E-state index contributed by atoms with van der Waals surface area (Å²) < 4.78 is 0. The molecule has 0 aromatic heterocycles. The molecule has 0 radical (unpaired) electrons. The fourth-order valence-electron chi connectivity index (χ4n) is 6.36. The third kappa shape index (κ3) is 3.23. The van der Waals surface area contributed by atoms with Gasteiger partial charge in [-0.15, -0.1) is 0 Å². The van der Waals surface area contributed by atoms with Crippen LogP contribution in [0.2, 0.25) is 0 Å². The van der Waals surface area contributed by atoms with Gasteiger partial charge in [0.15, 0.2) is 0 Å². The van der Waals surface area contributed by atoms with E-state index in [4.69, 9.17) is 0 Å². The molecule has 3 atom stereocenters. The molecule has 1 aliphatic carbocycles. The van der Waals surface area contributed by atoms with Crippen molar-refractivity contribution in [1.29, 1.82) is 0 Å². The van der Waals surface area contributed by atoms with Crippen LogP contribution in [0, 0.1) is 11.8 Å². The zero-order chi connectivity index (χ0) is 22.2. The van der Waals surface area contributed by atoms with Crippen molar-refractivity contribution in [2.75, 3.05) is 0 Å². The van der Waals surface area contributed by atoms with Gasteiger partial charge >= 0.3 is 0 Å². The van der Waals surface area contributed by atoms with Gasteiger partial charge in [0.1, 0.15) is 11.5 Å². The van der Waals surface area contributed by atoms with Crippen LogP contribution in [0.5, 0.6) is 11.5 Å². The average molecular weight is 417 g/mol. The molecule has 3 aromatic rings. The maximum Gasteiger partial charge on any atom is 0.115 e. The maximum absolute atomic E-state index is 11.9. The lowest BCUT2D eigenvalue weighted by atomic mass is 9.43. The molecule has 1 saturated carbocycles. The number of phenols is 2. The first-order valence-electron chi connectivity index (χ1n) is 11.1. The number of hydrogen-bond acceptors (Lipinski definition) is 3. The molecule has 0 bridgehead atoms. The van der Waals surface area contributed by atoms with Gasteiger partial charge in [0.2, 0.25) is 0 Å². The molecule has 3 heteroatoms. The Kier molecular flexibility index (Phi) is 5.57. The van der Waals surface area contributed by atoms with Crippen LogP contribution in [-0.4, -0.2) is 21.4 Å². The van der Waals surface area contributed by atoms with E-state index in [0.717, 1.165) is 29.5 Å². The molecule has 0 aliphatic heterocycles. The zero-order valence-corrected chi connectivity index (χ0v) is 18.5. The molecule has 0 spiro atoms. The van der Waals surface area contributed by atoms with Crippen LogP contribution >= 0.6 is 0 Å². The van der Waals surface area contributed by atoms with Gasteiger partial charge in [0.25, 0.3) is 0 Å². The molecule has 1 fully saturated rings. The highest BCUT2D eigenvalue weighted by Crippen LogP contribution is 2.61. The van der Waals surface area contributed by atoms with Gasteiger partial charge < -0.3 is 15.3 Å². The Morgan fingerprint density at radius 3 is 1.68 bits per heavy atom.